The highest BCUT2D eigenvalue weighted by Gasteiger charge is 2.14. The normalized spacial score (nSPS) is 22.8. The van der Waals surface area contributed by atoms with Crippen molar-refractivity contribution in [2.24, 2.45) is 12.0 Å². The number of hydrogen-bond donors (Lipinski definition) is 0. The van der Waals surface area contributed by atoms with Gasteiger partial charge in [0.2, 0.25) is 0 Å². The van der Waals surface area contributed by atoms with Gasteiger partial charge in [-0.05, 0) is 30.4 Å². The van der Waals surface area contributed by atoms with E-state index in [1.165, 1.54) is 6.42 Å². The molecule has 3 heteroatoms. The monoisotopic (exact) mass is 218 g/mol. The molecule has 16 heavy (non-hydrogen) atoms. The minimum absolute atomic E-state index is 0.0648. The number of aryl methyl sites for hydroxylation is 1. The molecule has 0 aromatic carbocycles. The molecule has 0 fully saturated rings. The molecule has 1 aliphatic heterocycles. The summed E-state index contributed by atoms with van der Waals surface area (Å²) in [6.45, 7) is 3.03. The number of aromatic nitrogens is 1. The summed E-state index contributed by atoms with van der Waals surface area (Å²) in [5.41, 5.74) is 1.99. The smallest absolute Gasteiger partial charge is 0.259 e. The topological polar surface area (TPSA) is 34.4 Å². The van der Waals surface area contributed by atoms with E-state index in [0.29, 0.717) is 5.92 Å². The van der Waals surface area contributed by atoms with Gasteiger partial charge in [0.05, 0.1) is 5.56 Å². The fourth-order valence-corrected chi connectivity index (χ4v) is 2.19. The van der Waals surface area contributed by atoms with E-state index in [0.717, 1.165) is 30.5 Å². The lowest BCUT2D eigenvalue weighted by Crippen LogP contribution is -2.22. The van der Waals surface area contributed by atoms with Gasteiger partial charge in [-0.25, -0.2) is 0 Å². The third kappa shape index (κ3) is 2.08. The van der Waals surface area contributed by atoms with Crippen LogP contribution in [0.1, 0.15) is 43.2 Å². The first-order valence-corrected chi connectivity index (χ1v) is 5.89. The molecule has 1 aromatic rings. The average molecular weight is 218 g/mol. The second kappa shape index (κ2) is 4.64. The van der Waals surface area contributed by atoms with Gasteiger partial charge in [0, 0.05) is 26.0 Å². The highest BCUT2D eigenvalue weighted by Crippen LogP contribution is 2.23. The summed E-state index contributed by atoms with van der Waals surface area (Å²) in [5, 5.41) is 0. The van der Waals surface area contributed by atoms with Crippen LogP contribution in [-0.4, -0.2) is 17.3 Å². The maximum Gasteiger partial charge on any atom is 0.259 e. The van der Waals surface area contributed by atoms with E-state index in [4.69, 9.17) is 0 Å². The molecule has 1 aliphatic rings. The number of rotatable bonds is 0. The zero-order chi connectivity index (χ0) is 11.5. The van der Waals surface area contributed by atoms with Crippen LogP contribution >= 0.6 is 0 Å². The molecule has 0 amide bonds. The molecule has 0 saturated carbocycles. The molecule has 2 rings (SSSR count). The quantitative estimate of drug-likeness (QED) is 0.656. The molecule has 0 aliphatic carbocycles. The van der Waals surface area contributed by atoms with Crippen molar-refractivity contribution in [3.63, 3.8) is 0 Å². The number of aliphatic imine (C=N–C) groups is 1. The molecule has 1 aromatic heterocycles. The molecular formula is C13H18N2O. The SMILES string of the molecule is CC1CCCC/N=C/c2c1ccn(C)c2=O. The van der Waals surface area contributed by atoms with E-state index >= 15 is 0 Å². The first-order valence-electron chi connectivity index (χ1n) is 5.89. The first kappa shape index (κ1) is 11.1. The molecule has 0 radical (unpaired) electrons. The Morgan fingerprint density at radius 3 is 3.06 bits per heavy atom. The lowest BCUT2D eigenvalue weighted by molar-refractivity contribution is 0.610. The molecule has 86 valence electrons. The van der Waals surface area contributed by atoms with E-state index in [1.807, 2.05) is 6.20 Å². The standard InChI is InChI=1S/C13H18N2O/c1-10-5-3-4-7-14-9-12-11(10)6-8-15(2)13(12)16/h6,8-10H,3-5,7H2,1-2H3/b14-9+. The van der Waals surface area contributed by atoms with Crippen LogP contribution in [0.15, 0.2) is 22.1 Å². The van der Waals surface area contributed by atoms with Crippen molar-refractivity contribution in [1.29, 1.82) is 0 Å². The maximum absolute atomic E-state index is 12.0. The van der Waals surface area contributed by atoms with Gasteiger partial charge < -0.3 is 4.57 Å². The molecule has 0 bridgehead atoms. The Hall–Kier alpha value is -1.38. The van der Waals surface area contributed by atoms with Crippen molar-refractivity contribution >= 4 is 6.21 Å². The summed E-state index contributed by atoms with van der Waals surface area (Å²) < 4.78 is 1.62. The van der Waals surface area contributed by atoms with Gasteiger partial charge in [-0.3, -0.25) is 9.79 Å². The maximum atomic E-state index is 12.0. The number of pyridine rings is 1. The van der Waals surface area contributed by atoms with E-state index in [9.17, 15) is 4.79 Å². The van der Waals surface area contributed by atoms with E-state index in [1.54, 1.807) is 17.8 Å². The van der Waals surface area contributed by atoms with Crippen LogP contribution in [0.3, 0.4) is 0 Å². The van der Waals surface area contributed by atoms with Crippen LogP contribution in [0.25, 0.3) is 0 Å². The Balaban J connectivity index is 2.56. The second-order valence-electron chi connectivity index (χ2n) is 4.53. The van der Waals surface area contributed by atoms with Crippen LogP contribution in [-0.2, 0) is 7.05 Å². The minimum Gasteiger partial charge on any atom is -0.318 e. The molecule has 1 unspecified atom stereocenters. The Kier molecular flexibility index (Phi) is 3.22. The van der Waals surface area contributed by atoms with Crippen LogP contribution < -0.4 is 5.56 Å². The van der Waals surface area contributed by atoms with Crippen molar-refractivity contribution in [3.05, 3.63) is 33.7 Å². The Labute approximate surface area is 95.8 Å². The highest BCUT2D eigenvalue weighted by molar-refractivity contribution is 5.81. The van der Waals surface area contributed by atoms with Gasteiger partial charge in [0.15, 0.2) is 0 Å². The second-order valence-corrected chi connectivity index (χ2v) is 4.53. The van der Waals surface area contributed by atoms with E-state index in [-0.39, 0.29) is 5.56 Å². The van der Waals surface area contributed by atoms with Crippen molar-refractivity contribution in [2.75, 3.05) is 6.54 Å². The zero-order valence-electron chi connectivity index (χ0n) is 9.94. The summed E-state index contributed by atoms with van der Waals surface area (Å²) in [6, 6.07) is 2.05. The molecule has 0 N–H and O–H groups in total. The summed E-state index contributed by atoms with van der Waals surface area (Å²) in [6.07, 6.45) is 7.06. The van der Waals surface area contributed by atoms with Gasteiger partial charge in [-0.1, -0.05) is 13.3 Å². The van der Waals surface area contributed by atoms with Crippen molar-refractivity contribution in [1.82, 2.24) is 4.57 Å². The van der Waals surface area contributed by atoms with Crippen molar-refractivity contribution < 1.29 is 0 Å². The van der Waals surface area contributed by atoms with Gasteiger partial charge in [0.1, 0.15) is 0 Å². The summed E-state index contributed by atoms with van der Waals surface area (Å²) in [7, 11) is 1.79. The Morgan fingerprint density at radius 2 is 2.25 bits per heavy atom. The highest BCUT2D eigenvalue weighted by atomic mass is 16.1. The third-order valence-corrected chi connectivity index (χ3v) is 3.27. The molecule has 0 spiro atoms. The van der Waals surface area contributed by atoms with Gasteiger partial charge >= 0.3 is 0 Å². The number of hydrogen-bond acceptors (Lipinski definition) is 2. The van der Waals surface area contributed by atoms with Crippen LogP contribution in [0.2, 0.25) is 0 Å². The van der Waals surface area contributed by atoms with Crippen LogP contribution in [0.5, 0.6) is 0 Å². The first-order chi connectivity index (χ1) is 7.70. The lowest BCUT2D eigenvalue weighted by Gasteiger charge is -2.13. The summed E-state index contributed by atoms with van der Waals surface area (Å²) in [5.74, 6) is 0.452. The van der Waals surface area contributed by atoms with Crippen molar-refractivity contribution in [2.45, 2.75) is 32.1 Å². The predicted octanol–water partition coefficient (Wildman–Crippen LogP) is 2.09. The average Bonchev–Trinajstić information content (AvgIpc) is 2.36. The van der Waals surface area contributed by atoms with Gasteiger partial charge in [-0.2, -0.15) is 0 Å². The van der Waals surface area contributed by atoms with E-state index in [2.05, 4.69) is 18.0 Å². The lowest BCUT2D eigenvalue weighted by atomic mass is 9.93. The molecule has 2 heterocycles. The molecule has 0 saturated heterocycles. The Morgan fingerprint density at radius 1 is 1.44 bits per heavy atom. The number of nitrogens with zero attached hydrogens (tertiary/aromatic N) is 2. The predicted molar refractivity (Wildman–Crippen MR) is 66.4 cm³/mol. The Bertz CT molecular complexity index is 459. The molecule has 3 nitrogen and oxygen atoms in total. The minimum atomic E-state index is 0.0648. The summed E-state index contributed by atoms with van der Waals surface area (Å²) in [4.78, 5) is 16.3. The van der Waals surface area contributed by atoms with Gasteiger partial charge in [-0.15, -0.1) is 0 Å². The number of fused-ring (bicyclic) bond motifs is 1. The molecule has 1 atom stereocenters. The summed E-state index contributed by atoms with van der Waals surface area (Å²) >= 11 is 0. The van der Waals surface area contributed by atoms with Crippen LogP contribution in [0.4, 0.5) is 0 Å². The van der Waals surface area contributed by atoms with Crippen molar-refractivity contribution in [3.8, 4) is 0 Å². The fourth-order valence-electron chi connectivity index (χ4n) is 2.19. The van der Waals surface area contributed by atoms with Crippen LogP contribution in [0, 0.1) is 0 Å². The molecular weight excluding hydrogens is 200 g/mol. The fraction of sp³-hybridized carbons (Fsp3) is 0.538. The van der Waals surface area contributed by atoms with E-state index < -0.39 is 0 Å². The largest absolute Gasteiger partial charge is 0.318 e. The van der Waals surface area contributed by atoms with Gasteiger partial charge in [0.25, 0.3) is 5.56 Å². The third-order valence-electron chi connectivity index (χ3n) is 3.27. The zero-order valence-corrected chi connectivity index (χ0v) is 9.94.